The highest BCUT2D eigenvalue weighted by Gasteiger charge is 2.17. The van der Waals surface area contributed by atoms with Crippen molar-refractivity contribution < 1.29 is 18.9 Å². The zero-order valence-electron chi connectivity index (χ0n) is 11.8. The fourth-order valence-electron chi connectivity index (χ4n) is 2.44. The molecule has 23 heavy (non-hydrogen) atoms. The van der Waals surface area contributed by atoms with Gasteiger partial charge in [0.25, 0.3) is 0 Å². The Labute approximate surface area is 140 Å². The fourth-order valence-corrected chi connectivity index (χ4v) is 2.88. The van der Waals surface area contributed by atoms with Gasteiger partial charge in [0, 0.05) is 4.47 Å². The number of hydrogen-bond donors (Lipinski definition) is 0. The van der Waals surface area contributed by atoms with Crippen LogP contribution in [0.25, 0.3) is 11.6 Å². The van der Waals surface area contributed by atoms with Gasteiger partial charge in [-0.25, -0.2) is 0 Å². The highest BCUT2D eigenvalue weighted by atomic mass is 79.9. The van der Waals surface area contributed by atoms with E-state index in [1.807, 2.05) is 18.2 Å². The van der Waals surface area contributed by atoms with Crippen LogP contribution in [0.15, 0.2) is 34.8 Å². The van der Waals surface area contributed by atoms with Gasteiger partial charge < -0.3 is 18.9 Å². The van der Waals surface area contributed by atoms with E-state index in [0.29, 0.717) is 28.6 Å². The van der Waals surface area contributed by atoms with Crippen molar-refractivity contribution in [2.45, 2.75) is 0 Å². The Morgan fingerprint density at radius 3 is 2.35 bits per heavy atom. The molecule has 2 heterocycles. The minimum Gasteiger partial charge on any atom is -0.454 e. The van der Waals surface area contributed by atoms with Crippen LogP contribution in [0.1, 0.15) is 11.1 Å². The minimum atomic E-state index is 0.206. The summed E-state index contributed by atoms with van der Waals surface area (Å²) in [5.41, 5.74) is 2.12. The third-order valence-electron chi connectivity index (χ3n) is 3.60. The summed E-state index contributed by atoms with van der Waals surface area (Å²) < 4.78 is 22.2. The van der Waals surface area contributed by atoms with Crippen molar-refractivity contribution in [3.05, 3.63) is 45.9 Å². The van der Waals surface area contributed by atoms with Crippen molar-refractivity contribution in [3.8, 4) is 29.1 Å². The van der Waals surface area contributed by atoms with Gasteiger partial charge in [-0.15, -0.1) is 0 Å². The molecule has 114 valence electrons. The smallest absolute Gasteiger partial charge is 0.231 e. The molecule has 2 aliphatic heterocycles. The third-order valence-corrected chi connectivity index (χ3v) is 4.28. The first-order valence-corrected chi connectivity index (χ1v) is 7.65. The van der Waals surface area contributed by atoms with Gasteiger partial charge in [0.15, 0.2) is 23.0 Å². The van der Waals surface area contributed by atoms with Crippen LogP contribution >= 0.6 is 15.9 Å². The average molecular weight is 372 g/mol. The van der Waals surface area contributed by atoms with E-state index in [1.165, 1.54) is 0 Å². The van der Waals surface area contributed by atoms with Crippen LogP contribution in [0, 0.1) is 11.3 Å². The van der Waals surface area contributed by atoms with E-state index in [2.05, 4.69) is 22.0 Å². The molecule has 0 amide bonds. The topological polar surface area (TPSA) is 60.7 Å². The minimum absolute atomic E-state index is 0.206. The molecule has 5 nitrogen and oxygen atoms in total. The second kappa shape index (κ2) is 5.52. The molecule has 0 spiro atoms. The number of fused-ring (bicyclic) bond motifs is 2. The normalized spacial score (nSPS) is 14.7. The Balaban J connectivity index is 1.75. The molecule has 2 aliphatic rings. The van der Waals surface area contributed by atoms with Crippen LogP contribution in [0.4, 0.5) is 0 Å². The monoisotopic (exact) mass is 371 g/mol. The molecule has 2 aromatic carbocycles. The molecular formula is C17H10BrNO4. The third kappa shape index (κ3) is 2.49. The van der Waals surface area contributed by atoms with Crippen molar-refractivity contribution in [1.82, 2.24) is 0 Å². The summed E-state index contributed by atoms with van der Waals surface area (Å²) in [6, 6.07) is 11.3. The molecule has 0 aromatic heterocycles. The number of ether oxygens (including phenoxy) is 4. The lowest BCUT2D eigenvalue weighted by Crippen LogP contribution is -1.93. The molecule has 0 fully saturated rings. The maximum atomic E-state index is 9.51. The average Bonchev–Trinajstić information content (AvgIpc) is 3.20. The highest BCUT2D eigenvalue weighted by Crippen LogP contribution is 2.39. The molecular weight excluding hydrogens is 362 g/mol. The lowest BCUT2D eigenvalue weighted by molar-refractivity contribution is 0.173. The van der Waals surface area contributed by atoms with Gasteiger partial charge in [-0.05, 0) is 47.5 Å². The molecule has 4 rings (SSSR count). The molecule has 2 aromatic rings. The first kappa shape index (κ1) is 14.0. The molecule has 0 bridgehead atoms. The molecule has 0 saturated heterocycles. The van der Waals surface area contributed by atoms with Crippen molar-refractivity contribution in [3.63, 3.8) is 0 Å². The van der Waals surface area contributed by atoms with Crippen molar-refractivity contribution in [1.29, 1.82) is 5.26 Å². The van der Waals surface area contributed by atoms with Crippen LogP contribution in [0.5, 0.6) is 23.0 Å². The quantitative estimate of drug-likeness (QED) is 0.590. The highest BCUT2D eigenvalue weighted by molar-refractivity contribution is 9.10. The van der Waals surface area contributed by atoms with Gasteiger partial charge >= 0.3 is 0 Å². The number of nitriles is 1. The Hall–Kier alpha value is -2.65. The van der Waals surface area contributed by atoms with Crippen LogP contribution < -0.4 is 18.9 Å². The summed E-state index contributed by atoms with van der Waals surface area (Å²) in [5, 5.41) is 9.51. The number of nitrogens with zero attached hydrogens (tertiary/aromatic N) is 1. The summed E-state index contributed by atoms with van der Waals surface area (Å²) in [6.07, 6.45) is 1.80. The lowest BCUT2D eigenvalue weighted by Gasteiger charge is -2.05. The SMILES string of the molecule is N#C/C(=C\c1cc2c(cc1Br)OCO2)c1ccc2c(c1)OCO2. The second-order valence-corrected chi connectivity index (χ2v) is 5.82. The van der Waals surface area contributed by atoms with Crippen LogP contribution in [-0.2, 0) is 0 Å². The Morgan fingerprint density at radius 1 is 0.957 bits per heavy atom. The van der Waals surface area contributed by atoms with E-state index < -0.39 is 0 Å². The molecule has 0 radical (unpaired) electrons. The summed E-state index contributed by atoms with van der Waals surface area (Å²) in [6.45, 7) is 0.417. The summed E-state index contributed by atoms with van der Waals surface area (Å²) in [5.74, 6) is 2.70. The molecule has 0 aliphatic carbocycles. The number of rotatable bonds is 2. The Morgan fingerprint density at radius 2 is 1.61 bits per heavy atom. The van der Waals surface area contributed by atoms with Crippen LogP contribution in [0.3, 0.4) is 0 Å². The van der Waals surface area contributed by atoms with Crippen LogP contribution in [-0.4, -0.2) is 13.6 Å². The van der Waals surface area contributed by atoms with Crippen LogP contribution in [0.2, 0.25) is 0 Å². The van der Waals surface area contributed by atoms with Gasteiger partial charge in [-0.1, -0.05) is 15.9 Å². The maximum absolute atomic E-state index is 9.51. The molecule has 0 unspecified atom stereocenters. The Kier molecular flexibility index (Phi) is 3.36. The summed E-state index contributed by atoms with van der Waals surface area (Å²) >= 11 is 3.50. The van der Waals surface area contributed by atoms with Crippen molar-refractivity contribution in [2.75, 3.05) is 13.6 Å². The first-order chi connectivity index (χ1) is 11.2. The number of allylic oxidation sites excluding steroid dienone is 1. The van der Waals surface area contributed by atoms with Gasteiger partial charge in [0.2, 0.25) is 13.6 Å². The van der Waals surface area contributed by atoms with Crippen molar-refractivity contribution in [2.24, 2.45) is 0 Å². The van der Waals surface area contributed by atoms with Gasteiger partial charge in [-0.2, -0.15) is 5.26 Å². The van der Waals surface area contributed by atoms with Gasteiger partial charge in [0.1, 0.15) is 0 Å². The summed E-state index contributed by atoms with van der Waals surface area (Å²) in [7, 11) is 0. The van der Waals surface area contributed by atoms with E-state index in [1.54, 1.807) is 18.2 Å². The van der Waals surface area contributed by atoms with Crippen molar-refractivity contribution >= 4 is 27.6 Å². The number of hydrogen-bond acceptors (Lipinski definition) is 5. The van der Waals surface area contributed by atoms with E-state index in [9.17, 15) is 5.26 Å². The maximum Gasteiger partial charge on any atom is 0.231 e. The van der Waals surface area contributed by atoms with Gasteiger partial charge in [0.05, 0.1) is 11.6 Å². The Bertz CT molecular complexity index is 870. The van der Waals surface area contributed by atoms with Gasteiger partial charge in [-0.3, -0.25) is 0 Å². The largest absolute Gasteiger partial charge is 0.454 e. The summed E-state index contributed by atoms with van der Waals surface area (Å²) in [4.78, 5) is 0. The fraction of sp³-hybridized carbons (Fsp3) is 0.118. The molecule has 0 saturated carbocycles. The first-order valence-electron chi connectivity index (χ1n) is 6.85. The predicted molar refractivity (Wildman–Crippen MR) is 86.3 cm³/mol. The molecule has 6 heteroatoms. The van der Waals surface area contributed by atoms with E-state index in [-0.39, 0.29) is 13.6 Å². The van der Waals surface area contributed by atoms with E-state index in [0.717, 1.165) is 15.6 Å². The zero-order valence-corrected chi connectivity index (χ0v) is 13.4. The standard InChI is InChI=1S/C17H10BrNO4/c18-13-6-17-16(22-9-23-17)5-11(13)3-12(7-19)10-1-2-14-15(4-10)21-8-20-14/h1-6H,8-9H2/b12-3+. The molecule has 0 atom stereocenters. The van der Waals surface area contributed by atoms with E-state index in [4.69, 9.17) is 18.9 Å². The zero-order chi connectivity index (χ0) is 15.8. The number of benzene rings is 2. The predicted octanol–water partition coefficient (Wildman–Crippen LogP) is 3.97. The molecule has 0 N–H and O–H groups in total. The second-order valence-electron chi connectivity index (χ2n) is 4.96. The number of halogens is 1. The lowest BCUT2D eigenvalue weighted by atomic mass is 10.0. The van der Waals surface area contributed by atoms with E-state index >= 15 is 0 Å².